The molecule has 7 aliphatic rings. The molecule has 3 aliphatic heterocycles. The van der Waals surface area contributed by atoms with Gasteiger partial charge in [-0.1, -0.05) is 117 Å². The summed E-state index contributed by atoms with van der Waals surface area (Å²) in [6.07, 6.45) is 42.5. The third-order valence-electron chi connectivity index (χ3n) is 13.2. The van der Waals surface area contributed by atoms with Crippen molar-refractivity contribution in [3.05, 3.63) is 166 Å². The van der Waals surface area contributed by atoms with Crippen LogP contribution < -0.4 is 5.32 Å². The molecule has 4 nitrogen and oxygen atoms in total. The minimum atomic E-state index is 0.135. The van der Waals surface area contributed by atoms with Crippen LogP contribution in [0.2, 0.25) is 0 Å². The first-order valence-corrected chi connectivity index (χ1v) is 20.2. The van der Waals surface area contributed by atoms with Gasteiger partial charge in [0.15, 0.2) is 0 Å². The quantitative estimate of drug-likeness (QED) is 0.279. The fourth-order valence-electron chi connectivity index (χ4n) is 10.2. The van der Waals surface area contributed by atoms with Crippen molar-refractivity contribution in [3.8, 4) is 0 Å². The summed E-state index contributed by atoms with van der Waals surface area (Å²) in [5.74, 6) is 1.53. The number of allylic oxidation sites excluding steroid dienone is 12. The van der Waals surface area contributed by atoms with E-state index in [1.54, 1.807) is 5.56 Å². The highest BCUT2D eigenvalue weighted by Crippen LogP contribution is 2.57. The Morgan fingerprint density at radius 3 is 2.64 bits per heavy atom. The van der Waals surface area contributed by atoms with E-state index in [-0.39, 0.29) is 23.4 Å². The lowest BCUT2D eigenvalue weighted by Gasteiger charge is -2.41. The molecule has 0 spiro atoms. The van der Waals surface area contributed by atoms with Crippen LogP contribution in [0.1, 0.15) is 93.0 Å². The van der Waals surface area contributed by atoms with Gasteiger partial charge < -0.3 is 5.32 Å². The van der Waals surface area contributed by atoms with E-state index in [0.29, 0.717) is 17.8 Å². The second-order valence-corrected chi connectivity index (χ2v) is 15.9. The number of aliphatic imine (C=N–C) groups is 2. The van der Waals surface area contributed by atoms with Crippen LogP contribution in [0, 0.1) is 11.8 Å². The molecule has 268 valence electrons. The SMILES string of the molecule is CCC1(CC)c2cc(/C=C/C3=CC=C(C4=NCCC=C4)CC3)ccc2C2C=CC(C=CC3CCC4=CC(c5ccccn5)C5C=CCNC5C4=N3)=CC21. The van der Waals surface area contributed by atoms with Gasteiger partial charge in [0.05, 0.1) is 23.5 Å². The summed E-state index contributed by atoms with van der Waals surface area (Å²) in [6, 6.07) is 14.0. The summed E-state index contributed by atoms with van der Waals surface area (Å²) >= 11 is 0. The van der Waals surface area contributed by atoms with Gasteiger partial charge in [-0.25, -0.2) is 0 Å². The van der Waals surface area contributed by atoms with E-state index in [1.165, 1.54) is 44.8 Å². The van der Waals surface area contributed by atoms with Crippen molar-refractivity contribution in [1.82, 2.24) is 10.3 Å². The number of nitrogens with one attached hydrogen (secondary N) is 1. The summed E-state index contributed by atoms with van der Waals surface area (Å²) in [5.41, 5.74) is 13.6. The molecule has 1 aromatic carbocycles. The van der Waals surface area contributed by atoms with Crippen molar-refractivity contribution in [1.29, 1.82) is 0 Å². The van der Waals surface area contributed by atoms with Crippen molar-refractivity contribution in [3.63, 3.8) is 0 Å². The van der Waals surface area contributed by atoms with Crippen LogP contribution in [0.25, 0.3) is 6.08 Å². The molecule has 0 fully saturated rings. The van der Waals surface area contributed by atoms with Gasteiger partial charge in [0, 0.05) is 48.1 Å². The number of benzene rings is 1. The number of hydrogen-bond donors (Lipinski definition) is 1. The molecule has 2 aromatic rings. The maximum Gasteiger partial charge on any atom is 0.0690 e. The van der Waals surface area contributed by atoms with Crippen LogP contribution in [-0.2, 0) is 5.41 Å². The van der Waals surface area contributed by atoms with Crippen LogP contribution in [0.15, 0.2) is 154 Å². The topological polar surface area (TPSA) is 49.6 Å². The molecule has 0 saturated carbocycles. The Kier molecular flexibility index (Phi) is 9.42. The molecule has 9 rings (SSSR count). The Hall–Kier alpha value is -4.67. The first kappa shape index (κ1) is 34.1. The fraction of sp³-hybridized carbons (Fsp3) is 0.367. The molecule has 0 amide bonds. The van der Waals surface area contributed by atoms with Gasteiger partial charge in [0.2, 0.25) is 0 Å². The van der Waals surface area contributed by atoms with Gasteiger partial charge in [0.25, 0.3) is 0 Å². The normalized spacial score (nSPS) is 29.7. The van der Waals surface area contributed by atoms with Gasteiger partial charge in [-0.05, 0) is 108 Å². The number of fused-ring (bicyclic) bond motifs is 6. The van der Waals surface area contributed by atoms with Crippen LogP contribution in [0.5, 0.6) is 0 Å². The number of dihydropyridines is 1. The van der Waals surface area contributed by atoms with E-state index in [1.807, 2.05) is 12.3 Å². The van der Waals surface area contributed by atoms with Crippen LogP contribution in [-0.4, -0.2) is 41.6 Å². The lowest BCUT2D eigenvalue weighted by molar-refractivity contribution is 0.304. The highest BCUT2D eigenvalue weighted by Gasteiger charge is 2.49. The number of pyridine rings is 1. The number of nitrogens with zero attached hydrogens (tertiary/aromatic N) is 3. The van der Waals surface area contributed by atoms with Crippen molar-refractivity contribution in [2.24, 2.45) is 21.8 Å². The number of aromatic nitrogens is 1. The molecule has 6 unspecified atom stereocenters. The minimum absolute atomic E-state index is 0.135. The molecule has 53 heavy (non-hydrogen) atoms. The van der Waals surface area contributed by atoms with E-state index >= 15 is 0 Å². The highest BCUT2D eigenvalue weighted by molar-refractivity contribution is 6.09. The molecule has 1 aromatic heterocycles. The zero-order chi connectivity index (χ0) is 35.8. The Morgan fingerprint density at radius 1 is 0.887 bits per heavy atom. The maximum absolute atomic E-state index is 5.42. The summed E-state index contributed by atoms with van der Waals surface area (Å²) in [7, 11) is 0. The van der Waals surface area contributed by atoms with Crippen molar-refractivity contribution < 1.29 is 0 Å². The Labute approximate surface area is 316 Å². The van der Waals surface area contributed by atoms with E-state index in [0.717, 1.165) is 63.7 Å². The Bertz CT molecular complexity index is 2090. The smallest absolute Gasteiger partial charge is 0.0690 e. The van der Waals surface area contributed by atoms with Gasteiger partial charge in [-0.3, -0.25) is 15.0 Å². The highest BCUT2D eigenvalue weighted by atomic mass is 15.0. The van der Waals surface area contributed by atoms with Crippen LogP contribution in [0.4, 0.5) is 0 Å². The third kappa shape index (κ3) is 6.39. The zero-order valence-corrected chi connectivity index (χ0v) is 31.3. The lowest BCUT2D eigenvalue weighted by atomic mass is 9.67. The summed E-state index contributed by atoms with van der Waals surface area (Å²) < 4.78 is 0. The molecular formula is C49H52N4. The second-order valence-electron chi connectivity index (χ2n) is 15.9. The molecule has 0 saturated heterocycles. The van der Waals surface area contributed by atoms with Crippen LogP contribution >= 0.6 is 0 Å². The molecular weight excluding hydrogens is 645 g/mol. The minimum Gasteiger partial charge on any atom is -0.305 e. The zero-order valence-electron chi connectivity index (χ0n) is 31.3. The van der Waals surface area contributed by atoms with Gasteiger partial charge in [0.1, 0.15) is 0 Å². The molecule has 4 aliphatic carbocycles. The molecule has 0 radical (unpaired) electrons. The Morgan fingerprint density at radius 2 is 1.83 bits per heavy atom. The summed E-state index contributed by atoms with van der Waals surface area (Å²) in [6.45, 7) is 6.61. The van der Waals surface area contributed by atoms with E-state index in [2.05, 4.69) is 135 Å². The van der Waals surface area contributed by atoms with Gasteiger partial charge in [-0.2, -0.15) is 0 Å². The standard InChI is InChI=1S/C49H52N4/c1-3-49(4-2)43-30-34(14-13-33-15-20-36(21-16-33)45-11-5-7-27-50-45)18-25-39(43)40-26-19-35(31-44(40)49)17-23-38-24-22-37-32-42(46-12-6-8-28-51-46)41-10-9-29-52-48(41)47(37)53-38/h5-6,8-15,17-20,23,25-26,28,30-32,38,40-42,44,48,52H,3-4,7,16,21-22,24,27,29H2,1-2H3/b14-13+,23-17?. The van der Waals surface area contributed by atoms with Gasteiger partial charge in [-0.15, -0.1) is 0 Å². The van der Waals surface area contributed by atoms with Crippen molar-refractivity contribution in [2.75, 3.05) is 13.1 Å². The molecule has 1 N–H and O–H groups in total. The lowest BCUT2D eigenvalue weighted by Crippen LogP contribution is -2.50. The van der Waals surface area contributed by atoms with Crippen LogP contribution in [0.3, 0.4) is 0 Å². The average Bonchev–Trinajstić information content (AvgIpc) is 3.51. The molecule has 6 atom stereocenters. The third-order valence-corrected chi connectivity index (χ3v) is 13.2. The first-order valence-electron chi connectivity index (χ1n) is 20.2. The number of hydrogen-bond acceptors (Lipinski definition) is 4. The van der Waals surface area contributed by atoms with E-state index in [9.17, 15) is 0 Å². The number of rotatable bonds is 8. The first-order chi connectivity index (χ1) is 26.1. The van der Waals surface area contributed by atoms with E-state index < -0.39 is 0 Å². The predicted octanol–water partition coefficient (Wildman–Crippen LogP) is 10.4. The monoisotopic (exact) mass is 696 g/mol. The predicted molar refractivity (Wildman–Crippen MR) is 222 cm³/mol. The maximum atomic E-state index is 5.42. The van der Waals surface area contributed by atoms with Crippen molar-refractivity contribution in [2.45, 2.75) is 88.1 Å². The summed E-state index contributed by atoms with van der Waals surface area (Å²) in [4.78, 5) is 14.9. The second kappa shape index (κ2) is 14.6. The fourth-order valence-corrected chi connectivity index (χ4v) is 10.2. The largest absolute Gasteiger partial charge is 0.305 e. The van der Waals surface area contributed by atoms with E-state index in [4.69, 9.17) is 15.0 Å². The molecule has 4 heteroatoms. The average molecular weight is 697 g/mol. The molecule has 0 bridgehead atoms. The van der Waals surface area contributed by atoms with Gasteiger partial charge >= 0.3 is 0 Å². The summed E-state index contributed by atoms with van der Waals surface area (Å²) in [5, 5.41) is 3.80. The van der Waals surface area contributed by atoms with Crippen molar-refractivity contribution >= 4 is 17.5 Å². The Balaban J connectivity index is 0.934. The molecule has 4 heterocycles.